The lowest BCUT2D eigenvalue weighted by atomic mass is 9.84. The van der Waals surface area contributed by atoms with Crippen molar-refractivity contribution in [1.82, 2.24) is 9.88 Å². The fourth-order valence-electron chi connectivity index (χ4n) is 4.02. The van der Waals surface area contributed by atoms with E-state index in [0.29, 0.717) is 6.42 Å². The van der Waals surface area contributed by atoms with Gasteiger partial charge in [-0.3, -0.25) is 4.79 Å². The maximum Gasteiger partial charge on any atom is 0.227 e. The Kier molecular flexibility index (Phi) is 3.85. The molecule has 0 radical (unpaired) electrons. The Balaban J connectivity index is 1.40. The number of ether oxygens (including phenoxy) is 1. The van der Waals surface area contributed by atoms with Crippen molar-refractivity contribution in [2.75, 3.05) is 19.7 Å². The van der Waals surface area contributed by atoms with Crippen LogP contribution in [0.2, 0.25) is 0 Å². The van der Waals surface area contributed by atoms with Gasteiger partial charge in [-0.2, -0.15) is 0 Å². The van der Waals surface area contributed by atoms with E-state index in [2.05, 4.69) is 11.1 Å². The molecule has 0 aliphatic carbocycles. The van der Waals surface area contributed by atoms with Gasteiger partial charge in [-0.1, -0.05) is 18.2 Å². The van der Waals surface area contributed by atoms with Gasteiger partial charge < -0.3 is 14.6 Å². The van der Waals surface area contributed by atoms with Crippen LogP contribution in [-0.4, -0.2) is 41.1 Å². The number of carbonyl (C=O) groups is 1. The zero-order valence-electron chi connectivity index (χ0n) is 13.5. The summed E-state index contributed by atoms with van der Waals surface area (Å²) >= 11 is 0. The SMILES string of the molecule is O=C(Cc1c[nH]c2ccccc12)N1CCC2(CCCCO2)CC1. The molecule has 4 heteroatoms. The zero-order chi connectivity index (χ0) is 15.7. The molecule has 1 spiro atoms. The second-order valence-corrected chi connectivity index (χ2v) is 6.91. The summed E-state index contributed by atoms with van der Waals surface area (Å²) in [6.45, 7) is 2.56. The predicted octanol–water partition coefficient (Wildman–Crippen LogP) is 3.27. The van der Waals surface area contributed by atoms with Crippen molar-refractivity contribution >= 4 is 16.8 Å². The summed E-state index contributed by atoms with van der Waals surface area (Å²) in [5.41, 5.74) is 2.26. The monoisotopic (exact) mass is 312 g/mol. The quantitative estimate of drug-likeness (QED) is 0.925. The number of aromatic amines is 1. The molecule has 1 amide bonds. The molecule has 0 saturated carbocycles. The number of nitrogens with one attached hydrogen (secondary N) is 1. The van der Waals surface area contributed by atoms with Crippen LogP contribution in [0.5, 0.6) is 0 Å². The Morgan fingerprint density at radius 2 is 2.00 bits per heavy atom. The number of aromatic nitrogens is 1. The number of carbonyl (C=O) groups excluding carboxylic acids is 1. The van der Waals surface area contributed by atoms with E-state index >= 15 is 0 Å². The molecule has 4 nitrogen and oxygen atoms in total. The second kappa shape index (κ2) is 6.00. The Morgan fingerprint density at radius 3 is 2.78 bits per heavy atom. The van der Waals surface area contributed by atoms with Gasteiger partial charge in [0.15, 0.2) is 0 Å². The number of rotatable bonds is 2. The van der Waals surface area contributed by atoms with Crippen molar-refractivity contribution in [2.45, 2.75) is 44.1 Å². The number of para-hydroxylation sites is 1. The normalized spacial score (nSPS) is 21.0. The molecule has 1 N–H and O–H groups in total. The highest BCUT2D eigenvalue weighted by atomic mass is 16.5. The molecule has 0 unspecified atom stereocenters. The first-order valence-corrected chi connectivity index (χ1v) is 8.73. The lowest BCUT2D eigenvalue weighted by Gasteiger charge is -2.44. The minimum absolute atomic E-state index is 0.0653. The highest BCUT2D eigenvalue weighted by Crippen LogP contribution is 2.35. The van der Waals surface area contributed by atoms with Crippen molar-refractivity contribution in [3.8, 4) is 0 Å². The Hall–Kier alpha value is -1.81. The third-order valence-corrected chi connectivity index (χ3v) is 5.48. The molecule has 0 atom stereocenters. The van der Waals surface area contributed by atoms with Crippen molar-refractivity contribution in [2.24, 2.45) is 0 Å². The van der Waals surface area contributed by atoms with Crippen molar-refractivity contribution in [1.29, 1.82) is 0 Å². The van der Waals surface area contributed by atoms with Crippen LogP contribution in [-0.2, 0) is 16.0 Å². The van der Waals surface area contributed by atoms with Crippen LogP contribution in [0.15, 0.2) is 30.5 Å². The van der Waals surface area contributed by atoms with E-state index in [-0.39, 0.29) is 11.5 Å². The van der Waals surface area contributed by atoms with Gasteiger partial charge in [0.05, 0.1) is 12.0 Å². The number of fused-ring (bicyclic) bond motifs is 1. The average Bonchev–Trinajstić information content (AvgIpc) is 2.99. The van der Waals surface area contributed by atoms with Crippen molar-refractivity contribution in [3.05, 3.63) is 36.0 Å². The molecule has 2 aliphatic heterocycles. The Morgan fingerprint density at radius 1 is 1.17 bits per heavy atom. The van der Waals surface area contributed by atoms with E-state index in [9.17, 15) is 4.79 Å². The highest BCUT2D eigenvalue weighted by Gasteiger charge is 2.37. The molecule has 1 aromatic carbocycles. The van der Waals surface area contributed by atoms with E-state index in [1.54, 1.807) is 0 Å². The summed E-state index contributed by atoms with van der Waals surface area (Å²) in [4.78, 5) is 17.9. The summed E-state index contributed by atoms with van der Waals surface area (Å²) < 4.78 is 6.06. The standard InChI is InChI=1S/C19H24N2O2/c22-18(13-15-14-20-17-6-2-1-5-16(15)17)21-10-8-19(9-11-21)7-3-4-12-23-19/h1-2,5-6,14,20H,3-4,7-13H2. The van der Waals surface area contributed by atoms with E-state index < -0.39 is 0 Å². The van der Waals surface area contributed by atoms with Crippen LogP contribution in [0.25, 0.3) is 10.9 Å². The average molecular weight is 312 g/mol. The lowest BCUT2D eigenvalue weighted by molar-refractivity contribution is -0.142. The molecule has 4 rings (SSSR count). The van der Waals surface area contributed by atoms with Gasteiger partial charge in [-0.05, 0) is 43.7 Å². The van der Waals surface area contributed by atoms with Crippen LogP contribution in [0.1, 0.15) is 37.7 Å². The van der Waals surface area contributed by atoms with E-state index in [0.717, 1.165) is 55.4 Å². The summed E-state index contributed by atoms with van der Waals surface area (Å²) in [7, 11) is 0. The molecule has 23 heavy (non-hydrogen) atoms. The summed E-state index contributed by atoms with van der Waals surface area (Å²) in [6.07, 6.45) is 8.06. The van der Waals surface area contributed by atoms with Crippen molar-refractivity contribution < 1.29 is 9.53 Å². The van der Waals surface area contributed by atoms with Gasteiger partial charge >= 0.3 is 0 Å². The maximum atomic E-state index is 12.7. The molecule has 2 aliphatic rings. The molecule has 3 heterocycles. The van der Waals surface area contributed by atoms with E-state index in [4.69, 9.17) is 4.74 Å². The minimum atomic E-state index is 0.0653. The Labute approximate surface area is 136 Å². The number of nitrogens with zero attached hydrogens (tertiary/aromatic N) is 1. The topological polar surface area (TPSA) is 45.3 Å². The molecular weight excluding hydrogens is 288 g/mol. The highest BCUT2D eigenvalue weighted by molar-refractivity contribution is 5.88. The van der Waals surface area contributed by atoms with Gasteiger partial charge in [0.25, 0.3) is 0 Å². The number of likely N-dealkylation sites (tertiary alicyclic amines) is 1. The molecule has 2 fully saturated rings. The maximum absolute atomic E-state index is 12.7. The Bertz CT molecular complexity index is 690. The van der Waals surface area contributed by atoms with Gasteiger partial charge in [0, 0.05) is 36.8 Å². The van der Waals surface area contributed by atoms with Gasteiger partial charge in [0.2, 0.25) is 5.91 Å². The second-order valence-electron chi connectivity index (χ2n) is 6.91. The third kappa shape index (κ3) is 2.88. The molecule has 2 saturated heterocycles. The first-order valence-electron chi connectivity index (χ1n) is 8.73. The molecule has 122 valence electrons. The van der Waals surface area contributed by atoms with Gasteiger partial charge in [-0.15, -0.1) is 0 Å². The number of H-pyrrole nitrogens is 1. The summed E-state index contributed by atoms with van der Waals surface area (Å²) in [5, 5.41) is 1.16. The zero-order valence-corrected chi connectivity index (χ0v) is 13.5. The predicted molar refractivity (Wildman–Crippen MR) is 90.4 cm³/mol. The number of amides is 1. The van der Waals surface area contributed by atoms with Crippen molar-refractivity contribution in [3.63, 3.8) is 0 Å². The number of piperidine rings is 1. The number of benzene rings is 1. The van der Waals surface area contributed by atoms with E-state index in [1.807, 2.05) is 29.3 Å². The summed E-state index contributed by atoms with van der Waals surface area (Å²) in [5.74, 6) is 0.236. The minimum Gasteiger partial charge on any atom is -0.375 e. The number of hydrogen-bond acceptors (Lipinski definition) is 2. The van der Waals surface area contributed by atoms with E-state index in [1.165, 1.54) is 12.8 Å². The molecule has 1 aromatic heterocycles. The number of hydrogen-bond donors (Lipinski definition) is 1. The van der Waals surface area contributed by atoms with Crippen LogP contribution in [0, 0.1) is 0 Å². The van der Waals surface area contributed by atoms with Gasteiger partial charge in [0.1, 0.15) is 0 Å². The van der Waals surface area contributed by atoms with Crippen LogP contribution in [0.4, 0.5) is 0 Å². The largest absolute Gasteiger partial charge is 0.375 e. The fourth-order valence-corrected chi connectivity index (χ4v) is 4.02. The third-order valence-electron chi connectivity index (χ3n) is 5.48. The smallest absolute Gasteiger partial charge is 0.227 e. The fraction of sp³-hybridized carbons (Fsp3) is 0.526. The van der Waals surface area contributed by atoms with Crippen LogP contribution in [0.3, 0.4) is 0 Å². The van der Waals surface area contributed by atoms with Gasteiger partial charge in [-0.25, -0.2) is 0 Å². The lowest BCUT2D eigenvalue weighted by Crippen LogP contribution is -2.49. The van der Waals surface area contributed by atoms with Crippen LogP contribution < -0.4 is 0 Å². The van der Waals surface area contributed by atoms with Crippen LogP contribution >= 0.6 is 0 Å². The molecular formula is C19H24N2O2. The first kappa shape index (κ1) is 14.8. The molecule has 0 bridgehead atoms. The molecule has 2 aromatic rings. The summed E-state index contributed by atoms with van der Waals surface area (Å²) in [6, 6.07) is 8.16. The first-order chi connectivity index (χ1) is 11.3.